The average Bonchev–Trinajstić information content (AvgIpc) is 3.53. The third-order valence-electron chi connectivity index (χ3n) is 12.8. The molecule has 44 heavy (non-hydrogen) atoms. The molecule has 1 aromatic heterocycles. The SMILES string of the molecule is CCC[C@H](Cc1occc1[C@H]1OC(=O)[C@H]2O[C@@]23[C@]2(C)[C@H](O)C(=O)[C@H]4C(C)(C)O[C@H]5CC(=O)OC[C@@]54[C@@H]2CC[C@]13C)[C@H](O)CO. The molecule has 2 saturated carbocycles. The van der Waals surface area contributed by atoms with E-state index in [1.54, 1.807) is 6.07 Å². The maximum Gasteiger partial charge on any atom is 0.339 e. The van der Waals surface area contributed by atoms with Crippen LogP contribution in [-0.2, 0) is 39.8 Å². The van der Waals surface area contributed by atoms with Gasteiger partial charge >= 0.3 is 11.9 Å². The highest BCUT2D eigenvalue weighted by Gasteiger charge is 2.90. The second kappa shape index (κ2) is 9.61. The Morgan fingerprint density at radius 3 is 2.55 bits per heavy atom. The number of hydrogen-bond donors (Lipinski definition) is 3. The van der Waals surface area contributed by atoms with Gasteiger partial charge in [-0.2, -0.15) is 0 Å². The maximum absolute atomic E-state index is 14.4. The summed E-state index contributed by atoms with van der Waals surface area (Å²) in [5.41, 5.74) is -4.45. The summed E-state index contributed by atoms with van der Waals surface area (Å²) in [6.07, 6.45) is -0.248. The highest BCUT2D eigenvalue weighted by Crippen LogP contribution is 2.80. The van der Waals surface area contributed by atoms with Crippen LogP contribution in [-0.4, -0.2) is 81.9 Å². The van der Waals surface area contributed by atoms with Crippen molar-refractivity contribution in [3.63, 3.8) is 0 Å². The zero-order chi connectivity index (χ0) is 31.6. The van der Waals surface area contributed by atoms with E-state index in [4.69, 9.17) is 23.4 Å². The minimum Gasteiger partial charge on any atom is -0.469 e. The van der Waals surface area contributed by atoms with E-state index in [0.717, 1.165) is 6.42 Å². The van der Waals surface area contributed by atoms with Crippen molar-refractivity contribution < 1.29 is 53.1 Å². The highest BCUT2D eigenvalue weighted by molar-refractivity contribution is 5.92. The van der Waals surface area contributed by atoms with E-state index in [9.17, 15) is 29.7 Å². The Morgan fingerprint density at radius 1 is 1.09 bits per heavy atom. The van der Waals surface area contributed by atoms with E-state index in [1.807, 2.05) is 34.6 Å². The summed E-state index contributed by atoms with van der Waals surface area (Å²) in [6, 6.07) is 1.78. The third kappa shape index (κ3) is 3.48. The lowest BCUT2D eigenvalue weighted by molar-refractivity contribution is -0.252. The van der Waals surface area contributed by atoms with Crippen LogP contribution in [0.25, 0.3) is 0 Å². The average molecular weight is 617 g/mol. The first-order valence-corrected chi connectivity index (χ1v) is 16.0. The van der Waals surface area contributed by atoms with Gasteiger partial charge in [-0.3, -0.25) is 9.59 Å². The number of esters is 2. The topological polar surface area (TPSA) is 165 Å². The van der Waals surface area contributed by atoms with Gasteiger partial charge in [0.1, 0.15) is 30.2 Å². The van der Waals surface area contributed by atoms with Crippen molar-refractivity contribution in [3.05, 3.63) is 23.7 Å². The van der Waals surface area contributed by atoms with Gasteiger partial charge in [-0.25, -0.2) is 4.79 Å². The van der Waals surface area contributed by atoms with Crippen LogP contribution in [0.1, 0.15) is 84.2 Å². The second-order valence-electron chi connectivity index (χ2n) is 15.1. The molecule has 4 saturated heterocycles. The number of ether oxygens (including phenoxy) is 4. The second-order valence-corrected chi connectivity index (χ2v) is 15.1. The van der Waals surface area contributed by atoms with Crippen molar-refractivity contribution in [1.82, 2.24) is 0 Å². The van der Waals surface area contributed by atoms with Crippen LogP contribution < -0.4 is 0 Å². The summed E-state index contributed by atoms with van der Waals surface area (Å²) >= 11 is 0. The Labute approximate surface area is 256 Å². The van der Waals surface area contributed by atoms with Gasteiger partial charge in [-0.15, -0.1) is 0 Å². The first kappa shape index (κ1) is 30.3. The maximum atomic E-state index is 14.4. The summed E-state index contributed by atoms with van der Waals surface area (Å²) in [5, 5.41) is 32.3. The number of aliphatic hydroxyl groups excluding tert-OH is 3. The molecule has 0 aromatic carbocycles. The quantitative estimate of drug-likeness (QED) is 0.304. The molecular formula is C33H44O11. The number of ketones is 1. The van der Waals surface area contributed by atoms with Gasteiger partial charge < -0.3 is 38.7 Å². The molecule has 0 bridgehead atoms. The van der Waals surface area contributed by atoms with E-state index in [-0.39, 0.29) is 43.2 Å². The molecule has 11 nitrogen and oxygen atoms in total. The van der Waals surface area contributed by atoms with Crippen LogP contribution in [0.5, 0.6) is 0 Å². The molecule has 2 aliphatic carbocycles. The summed E-state index contributed by atoms with van der Waals surface area (Å²) in [5.74, 6) is -2.06. The predicted molar refractivity (Wildman–Crippen MR) is 151 cm³/mol. The molecule has 4 aliphatic heterocycles. The molecule has 11 heteroatoms. The fourth-order valence-corrected chi connectivity index (χ4v) is 11.0. The Hall–Kier alpha value is -2.31. The summed E-state index contributed by atoms with van der Waals surface area (Å²) in [6.45, 7) is 9.18. The largest absolute Gasteiger partial charge is 0.469 e. The Morgan fingerprint density at radius 2 is 1.84 bits per heavy atom. The van der Waals surface area contributed by atoms with Crippen LogP contribution in [0.3, 0.4) is 0 Å². The first-order chi connectivity index (χ1) is 20.7. The fourth-order valence-electron chi connectivity index (χ4n) is 11.0. The molecule has 5 heterocycles. The Balaban J connectivity index is 1.33. The monoisotopic (exact) mass is 616 g/mol. The lowest BCUT2D eigenvalue weighted by Crippen LogP contribution is -2.76. The van der Waals surface area contributed by atoms with Crippen molar-refractivity contribution in [2.75, 3.05) is 13.2 Å². The zero-order valence-corrected chi connectivity index (χ0v) is 26.0. The number of carbonyl (C=O) groups excluding carboxylic acids is 3. The van der Waals surface area contributed by atoms with Crippen molar-refractivity contribution in [2.24, 2.45) is 34.0 Å². The van der Waals surface area contributed by atoms with Gasteiger partial charge in [0.25, 0.3) is 0 Å². The summed E-state index contributed by atoms with van der Waals surface area (Å²) in [7, 11) is 0. The van der Waals surface area contributed by atoms with Crippen LogP contribution in [0.2, 0.25) is 0 Å². The smallest absolute Gasteiger partial charge is 0.339 e. The Bertz CT molecular complexity index is 1390. The van der Waals surface area contributed by atoms with Crippen molar-refractivity contribution >= 4 is 17.7 Å². The molecule has 0 radical (unpaired) electrons. The number of carbonyl (C=O) groups is 3. The van der Waals surface area contributed by atoms with Gasteiger partial charge in [-0.1, -0.05) is 27.2 Å². The van der Waals surface area contributed by atoms with E-state index in [2.05, 4.69) is 0 Å². The molecule has 1 aromatic rings. The fraction of sp³-hybridized carbons (Fsp3) is 0.788. The van der Waals surface area contributed by atoms with E-state index >= 15 is 0 Å². The van der Waals surface area contributed by atoms with Crippen molar-refractivity contribution in [3.8, 4) is 0 Å². The molecule has 0 amide bonds. The first-order valence-electron chi connectivity index (χ1n) is 16.0. The number of cyclic esters (lactones) is 2. The van der Waals surface area contributed by atoms with Crippen LogP contribution in [0.4, 0.5) is 0 Å². The lowest BCUT2D eigenvalue weighted by Gasteiger charge is -2.66. The number of rotatable bonds is 7. The molecule has 2 spiro atoms. The lowest BCUT2D eigenvalue weighted by atomic mass is 9.36. The molecule has 3 N–H and O–H groups in total. The third-order valence-corrected chi connectivity index (χ3v) is 12.8. The minimum absolute atomic E-state index is 0.00648. The number of fused-ring (bicyclic) bond motifs is 1. The normalized spacial score (nSPS) is 46.4. The Kier molecular flexibility index (Phi) is 6.63. The van der Waals surface area contributed by atoms with Gasteiger partial charge in [-0.05, 0) is 51.0 Å². The van der Waals surface area contributed by atoms with Gasteiger partial charge in [0.2, 0.25) is 0 Å². The molecule has 0 unspecified atom stereocenters. The molecule has 6 aliphatic rings. The number of aliphatic hydroxyl groups is 3. The molecule has 7 rings (SSSR count). The predicted octanol–water partition coefficient (Wildman–Crippen LogP) is 2.42. The number of hydrogen-bond acceptors (Lipinski definition) is 11. The number of Topliss-reactive ketones (excluding diaryl/α,β-unsaturated/α-hetero) is 1. The molecule has 12 atom stereocenters. The van der Waals surface area contributed by atoms with E-state index in [1.165, 1.54) is 6.26 Å². The highest BCUT2D eigenvalue weighted by atomic mass is 16.7. The number of epoxide rings is 1. The van der Waals surface area contributed by atoms with Gasteiger partial charge in [0.15, 0.2) is 11.9 Å². The molecule has 6 fully saturated rings. The van der Waals surface area contributed by atoms with E-state index < -0.39 is 69.9 Å². The van der Waals surface area contributed by atoms with E-state index in [0.29, 0.717) is 37.0 Å². The van der Waals surface area contributed by atoms with Crippen LogP contribution in [0.15, 0.2) is 16.7 Å². The summed E-state index contributed by atoms with van der Waals surface area (Å²) in [4.78, 5) is 40.5. The number of furan rings is 1. The standard InChI is InChI=1S/C33H44O11/c1-6-7-16(18(35)14-34)12-19-17(9-11-40-19)26-30(4)10-8-20-31(5,33(30)27(44-33)28(39)42-26)25(38)23(37)24-29(2,3)43-21-13-22(36)41-15-32(20,21)24/h9,11,16,18,20-21,24-27,34-35,38H,6-8,10,12-15H2,1-5H3/t16-,18-,20-,21+,24+,25-,26-,27-,30-,31+,32-,33+/m1/s1. The minimum atomic E-state index is -1.45. The van der Waals surface area contributed by atoms with Crippen molar-refractivity contribution in [2.45, 2.75) is 115 Å². The molecule has 242 valence electrons. The zero-order valence-electron chi connectivity index (χ0n) is 26.0. The summed E-state index contributed by atoms with van der Waals surface area (Å²) < 4.78 is 30.7. The van der Waals surface area contributed by atoms with Gasteiger partial charge in [0.05, 0.1) is 43.0 Å². The van der Waals surface area contributed by atoms with Gasteiger partial charge in [0, 0.05) is 28.2 Å². The van der Waals surface area contributed by atoms with Crippen LogP contribution >= 0.6 is 0 Å². The van der Waals surface area contributed by atoms with Crippen LogP contribution in [0, 0.1) is 34.0 Å². The molecular weight excluding hydrogens is 572 g/mol. The van der Waals surface area contributed by atoms with Crippen molar-refractivity contribution in [1.29, 1.82) is 0 Å².